The standard InChI is InChI=1S/C21H22N4O2S/c1-24-11-9-22-19(24)15-5-2-7-17(13-15)23-20(26)16-6-3-10-25(14-16)21(27)18-8-4-12-28-18/h2,4-5,7-9,11-13,16H,3,6,10,14H2,1H3,(H,23,26). The highest BCUT2D eigenvalue weighted by Gasteiger charge is 2.29. The third-order valence-electron chi connectivity index (χ3n) is 5.02. The Labute approximate surface area is 167 Å². The first-order chi connectivity index (χ1) is 13.6. The molecule has 7 heteroatoms. The Hall–Kier alpha value is -2.93. The Morgan fingerprint density at radius 3 is 2.89 bits per heavy atom. The van der Waals surface area contributed by atoms with E-state index >= 15 is 0 Å². The van der Waals surface area contributed by atoms with Crippen LogP contribution in [-0.2, 0) is 11.8 Å². The third-order valence-corrected chi connectivity index (χ3v) is 5.88. The maximum Gasteiger partial charge on any atom is 0.263 e. The number of aryl methyl sites for hydroxylation is 1. The molecular formula is C21H22N4O2S. The van der Waals surface area contributed by atoms with Crippen LogP contribution in [0.25, 0.3) is 11.4 Å². The molecule has 2 amide bonds. The minimum absolute atomic E-state index is 0.0179. The van der Waals surface area contributed by atoms with Crippen LogP contribution in [0.3, 0.4) is 0 Å². The van der Waals surface area contributed by atoms with Crippen LogP contribution < -0.4 is 5.32 Å². The quantitative estimate of drug-likeness (QED) is 0.735. The van der Waals surface area contributed by atoms with Crippen LogP contribution in [0.5, 0.6) is 0 Å². The lowest BCUT2D eigenvalue weighted by molar-refractivity contribution is -0.121. The number of nitrogens with zero attached hydrogens (tertiary/aromatic N) is 3. The molecule has 1 atom stereocenters. The zero-order valence-corrected chi connectivity index (χ0v) is 16.5. The van der Waals surface area contributed by atoms with Crippen LogP contribution in [0.1, 0.15) is 22.5 Å². The minimum Gasteiger partial charge on any atom is -0.337 e. The summed E-state index contributed by atoms with van der Waals surface area (Å²) in [7, 11) is 1.94. The van der Waals surface area contributed by atoms with Gasteiger partial charge < -0.3 is 14.8 Å². The van der Waals surface area contributed by atoms with Gasteiger partial charge in [0.1, 0.15) is 5.82 Å². The molecule has 3 heterocycles. The number of carbonyl (C=O) groups excluding carboxylic acids is 2. The Kier molecular flexibility index (Phi) is 5.25. The van der Waals surface area contributed by atoms with E-state index in [1.54, 1.807) is 11.1 Å². The zero-order valence-electron chi connectivity index (χ0n) is 15.7. The van der Waals surface area contributed by atoms with E-state index in [2.05, 4.69) is 10.3 Å². The molecule has 0 saturated carbocycles. The predicted octanol–water partition coefficient (Wildman–Crippen LogP) is 3.64. The molecule has 0 spiro atoms. The monoisotopic (exact) mass is 394 g/mol. The fraction of sp³-hybridized carbons (Fsp3) is 0.286. The van der Waals surface area contributed by atoms with Gasteiger partial charge in [0, 0.05) is 43.8 Å². The number of likely N-dealkylation sites (tertiary alicyclic amines) is 1. The van der Waals surface area contributed by atoms with Crippen molar-refractivity contribution in [3.63, 3.8) is 0 Å². The van der Waals surface area contributed by atoms with Crippen molar-refractivity contribution in [2.75, 3.05) is 18.4 Å². The van der Waals surface area contributed by atoms with Gasteiger partial charge in [-0.05, 0) is 36.4 Å². The van der Waals surface area contributed by atoms with Gasteiger partial charge in [0.05, 0.1) is 10.8 Å². The summed E-state index contributed by atoms with van der Waals surface area (Å²) < 4.78 is 1.94. The first-order valence-electron chi connectivity index (χ1n) is 9.33. The number of benzene rings is 1. The van der Waals surface area contributed by atoms with E-state index in [0.29, 0.717) is 13.1 Å². The molecule has 28 heavy (non-hydrogen) atoms. The van der Waals surface area contributed by atoms with Crippen LogP contribution in [-0.4, -0.2) is 39.4 Å². The number of rotatable bonds is 4. The lowest BCUT2D eigenvalue weighted by Gasteiger charge is -2.31. The molecule has 1 aromatic carbocycles. The van der Waals surface area contributed by atoms with Crippen molar-refractivity contribution in [2.45, 2.75) is 12.8 Å². The maximum atomic E-state index is 12.8. The molecule has 0 bridgehead atoms. The Balaban J connectivity index is 1.43. The average Bonchev–Trinajstić information content (AvgIpc) is 3.39. The summed E-state index contributed by atoms with van der Waals surface area (Å²) in [6, 6.07) is 11.4. The van der Waals surface area contributed by atoms with Gasteiger partial charge in [-0.2, -0.15) is 0 Å². The van der Waals surface area contributed by atoms with Gasteiger partial charge >= 0.3 is 0 Å². The third kappa shape index (κ3) is 3.84. The molecule has 144 valence electrons. The number of thiophene rings is 1. The van der Waals surface area contributed by atoms with Gasteiger partial charge in [0.25, 0.3) is 5.91 Å². The van der Waals surface area contributed by atoms with Crippen molar-refractivity contribution < 1.29 is 9.59 Å². The van der Waals surface area contributed by atoms with E-state index < -0.39 is 0 Å². The van der Waals surface area contributed by atoms with Gasteiger partial charge in [-0.1, -0.05) is 18.2 Å². The van der Waals surface area contributed by atoms with Crippen molar-refractivity contribution in [2.24, 2.45) is 13.0 Å². The number of hydrogen-bond acceptors (Lipinski definition) is 4. The number of anilines is 1. The fourth-order valence-corrected chi connectivity index (χ4v) is 4.25. The second-order valence-electron chi connectivity index (χ2n) is 7.00. The van der Waals surface area contributed by atoms with E-state index in [9.17, 15) is 9.59 Å². The van der Waals surface area contributed by atoms with E-state index in [1.807, 2.05) is 59.6 Å². The largest absolute Gasteiger partial charge is 0.337 e. The lowest BCUT2D eigenvalue weighted by Crippen LogP contribution is -2.43. The molecule has 4 rings (SSSR count). The van der Waals surface area contributed by atoms with Crippen molar-refractivity contribution in [1.82, 2.24) is 14.5 Å². The topological polar surface area (TPSA) is 67.2 Å². The van der Waals surface area contributed by atoms with Gasteiger partial charge in [0.15, 0.2) is 0 Å². The maximum absolute atomic E-state index is 12.8. The molecule has 6 nitrogen and oxygen atoms in total. The summed E-state index contributed by atoms with van der Waals surface area (Å²) in [5.74, 6) is 0.626. The Morgan fingerprint density at radius 1 is 1.25 bits per heavy atom. The molecule has 0 radical (unpaired) electrons. The molecule has 0 aliphatic carbocycles. The van der Waals surface area contributed by atoms with E-state index in [1.165, 1.54) is 11.3 Å². The number of imidazole rings is 1. The van der Waals surface area contributed by atoms with Crippen LogP contribution in [0.15, 0.2) is 54.2 Å². The first kappa shape index (κ1) is 18.4. The summed E-state index contributed by atoms with van der Waals surface area (Å²) in [5, 5.41) is 4.92. The summed E-state index contributed by atoms with van der Waals surface area (Å²) >= 11 is 1.44. The normalized spacial score (nSPS) is 16.8. The van der Waals surface area contributed by atoms with Crippen LogP contribution in [0.4, 0.5) is 5.69 Å². The summed E-state index contributed by atoms with van der Waals surface area (Å²) in [6.07, 6.45) is 5.27. The number of amides is 2. The Morgan fingerprint density at radius 2 is 2.14 bits per heavy atom. The molecule has 1 unspecified atom stereocenters. The average molecular weight is 395 g/mol. The fourth-order valence-electron chi connectivity index (χ4n) is 3.56. The number of nitrogens with one attached hydrogen (secondary N) is 1. The van der Waals surface area contributed by atoms with Gasteiger partial charge in [-0.3, -0.25) is 9.59 Å². The van der Waals surface area contributed by atoms with E-state index in [4.69, 9.17) is 0 Å². The summed E-state index contributed by atoms with van der Waals surface area (Å²) in [6.45, 7) is 1.16. The van der Waals surface area contributed by atoms with Crippen molar-refractivity contribution in [3.05, 3.63) is 59.0 Å². The summed E-state index contributed by atoms with van der Waals surface area (Å²) in [5.41, 5.74) is 1.69. The molecule has 1 saturated heterocycles. The molecule has 3 aromatic rings. The van der Waals surface area contributed by atoms with Crippen molar-refractivity contribution in [3.8, 4) is 11.4 Å². The lowest BCUT2D eigenvalue weighted by atomic mass is 9.96. The smallest absolute Gasteiger partial charge is 0.263 e. The van der Waals surface area contributed by atoms with Gasteiger partial charge in [-0.25, -0.2) is 4.98 Å². The molecule has 1 aliphatic rings. The second kappa shape index (κ2) is 7.98. The molecule has 1 fully saturated rings. The molecular weight excluding hydrogens is 372 g/mol. The number of piperidine rings is 1. The highest BCUT2D eigenvalue weighted by atomic mass is 32.1. The SMILES string of the molecule is Cn1ccnc1-c1cccc(NC(=O)C2CCCN(C(=O)c3cccs3)C2)c1. The summed E-state index contributed by atoms with van der Waals surface area (Å²) in [4.78, 5) is 32.3. The molecule has 1 aliphatic heterocycles. The van der Waals surface area contributed by atoms with E-state index in [0.717, 1.165) is 34.8 Å². The van der Waals surface area contributed by atoms with Crippen molar-refractivity contribution >= 4 is 28.8 Å². The highest BCUT2D eigenvalue weighted by molar-refractivity contribution is 7.12. The Bertz CT molecular complexity index is 980. The predicted molar refractivity (Wildman–Crippen MR) is 110 cm³/mol. The van der Waals surface area contributed by atoms with Crippen LogP contribution in [0.2, 0.25) is 0 Å². The number of aromatic nitrogens is 2. The number of hydrogen-bond donors (Lipinski definition) is 1. The first-order valence-corrected chi connectivity index (χ1v) is 10.2. The zero-order chi connectivity index (χ0) is 19.5. The molecule has 1 N–H and O–H groups in total. The van der Waals surface area contributed by atoms with Crippen LogP contribution in [0, 0.1) is 5.92 Å². The highest BCUT2D eigenvalue weighted by Crippen LogP contribution is 2.24. The number of carbonyl (C=O) groups is 2. The van der Waals surface area contributed by atoms with Crippen molar-refractivity contribution in [1.29, 1.82) is 0 Å². The minimum atomic E-state index is -0.200. The van der Waals surface area contributed by atoms with Gasteiger partial charge in [0.2, 0.25) is 5.91 Å². The second-order valence-corrected chi connectivity index (χ2v) is 7.95. The van der Waals surface area contributed by atoms with E-state index in [-0.39, 0.29) is 17.7 Å². The molecule has 2 aromatic heterocycles. The van der Waals surface area contributed by atoms with Crippen LogP contribution >= 0.6 is 11.3 Å². The van der Waals surface area contributed by atoms with Gasteiger partial charge in [-0.15, -0.1) is 11.3 Å².